The molecule has 0 spiro atoms. The first-order chi connectivity index (χ1) is 8.77. The highest BCUT2D eigenvalue weighted by molar-refractivity contribution is 5.94. The molecule has 0 bridgehead atoms. The molecule has 0 fully saturated rings. The van der Waals surface area contributed by atoms with Gasteiger partial charge in [-0.25, -0.2) is 9.97 Å². The molecule has 1 N–H and O–H groups in total. The van der Waals surface area contributed by atoms with Crippen molar-refractivity contribution in [2.75, 3.05) is 5.32 Å². The van der Waals surface area contributed by atoms with E-state index in [-0.39, 0.29) is 5.91 Å². The normalized spacial score (nSPS) is 11.6. The SMILES string of the molecule is Cc1cc(C)c2ccc(NC(=O)C(C)(C)C)nc2n1. The van der Waals surface area contributed by atoms with Gasteiger partial charge in [0.05, 0.1) is 0 Å². The summed E-state index contributed by atoms with van der Waals surface area (Å²) < 4.78 is 0. The van der Waals surface area contributed by atoms with Crippen molar-refractivity contribution < 1.29 is 4.79 Å². The minimum Gasteiger partial charge on any atom is -0.310 e. The van der Waals surface area contributed by atoms with E-state index in [9.17, 15) is 4.79 Å². The van der Waals surface area contributed by atoms with Gasteiger partial charge in [0.15, 0.2) is 5.65 Å². The van der Waals surface area contributed by atoms with Crippen molar-refractivity contribution in [3.8, 4) is 0 Å². The van der Waals surface area contributed by atoms with Crippen molar-refractivity contribution in [2.24, 2.45) is 5.41 Å². The molecule has 0 aliphatic heterocycles. The molecule has 2 heterocycles. The van der Waals surface area contributed by atoms with Gasteiger partial charge in [-0.1, -0.05) is 20.8 Å². The number of pyridine rings is 2. The molecule has 1 amide bonds. The molecule has 0 aliphatic carbocycles. The fraction of sp³-hybridized carbons (Fsp3) is 0.400. The molecule has 2 rings (SSSR count). The van der Waals surface area contributed by atoms with Crippen LogP contribution < -0.4 is 5.32 Å². The van der Waals surface area contributed by atoms with Gasteiger partial charge in [0.1, 0.15) is 5.82 Å². The molecule has 0 radical (unpaired) electrons. The molecule has 19 heavy (non-hydrogen) atoms. The lowest BCUT2D eigenvalue weighted by molar-refractivity contribution is -0.123. The van der Waals surface area contributed by atoms with Crippen LogP contribution in [0.5, 0.6) is 0 Å². The van der Waals surface area contributed by atoms with E-state index in [1.165, 1.54) is 0 Å². The van der Waals surface area contributed by atoms with Crippen LogP contribution in [0.4, 0.5) is 5.82 Å². The van der Waals surface area contributed by atoms with Gasteiger partial charge >= 0.3 is 0 Å². The highest BCUT2D eigenvalue weighted by Gasteiger charge is 2.21. The Labute approximate surface area is 113 Å². The van der Waals surface area contributed by atoms with Crippen LogP contribution in [0.25, 0.3) is 11.0 Å². The quantitative estimate of drug-likeness (QED) is 0.853. The van der Waals surface area contributed by atoms with Crippen LogP contribution in [0.2, 0.25) is 0 Å². The Morgan fingerprint density at radius 2 is 1.84 bits per heavy atom. The largest absolute Gasteiger partial charge is 0.310 e. The fourth-order valence-electron chi connectivity index (χ4n) is 1.81. The van der Waals surface area contributed by atoms with Crippen LogP contribution in [-0.4, -0.2) is 15.9 Å². The molecule has 0 atom stereocenters. The second-order valence-corrected chi connectivity index (χ2v) is 5.85. The molecule has 4 nitrogen and oxygen atoms in total. The van der Waals surface area contributed by atoms with E-state index >= 15 is 0 Å². The average molecular weight is 257 g/mol. The number of hydrogen-bond acceptors (Lipinski definition) is 3. The lowest BCUT2D eigenvalue weighted by Crippen LogP contribution is -2.28. The maximum atomic E-state index is 11.9. The Balaban J connectivity index is 2.40. The van der Waals surface area contributed by atoms with E-state index in [1.807, 2.05) is 52.8 Å². The minimum atomic E-state index is -0.438. The summed E-state index contributed by atoms with van der Waals surface area (Å²) in [6.45, 7) is 9.59. The van der Waals surface area contributed by atoms with Crippen molar-refractivity contribution in [3.05, 3.63) is 29.5 Å². The molecular weight excluding hydrogens is 238 g/mol. The van der Waals surface area contributed by atoms with Crippen LogP contribution >= 0.6 is 0 Å². The Morgan fingerprint density at radius 1 is 1.16 bits per heavy atom. The summed E-state index contributed by atoms with van der Waals surface area (Å²) in [6.07, 6.45) is 0. The van der Waals surface area contributed by atoms with E-state index in [1.54, 1.807) is 0 Å². The second-order valence-electron chi connectivity index (χ2n) is 5.85. The van der Waals surface area contributed by atoms with Gasteiger partial charge < -0.3 is 5.32 Å². The molecule has 0 aromatic carbocycles. The van der Waals surface area contributed by atoms with Crippen molar-refractivity contribution in [2.45, 2.75) is 34.6 Å². The van der Waals surface area contributed by atoms with Gasteiger partial charge in [0.2, 0.25) is 5.91 Å². The highest BCUT2D eigenvalue weighted by Crippen LogP contribution is 2.20. The summed E-state index contributed by atoms with van der Waals surface area (Å²) in [5, 5.41) is 3.84. The number of nitrogens with one attached hydrogen (secondary N) is 1. The number of carbonyl (C=O) groups is 1. The lowest BCUT2D eigenvalue weighted by Gasteiger charge is -2.17. The summed E-state index contributed by atoms with van der Waals surface area (Å²) in [6, 6.07) is 5.79. The van der Waals surface area contributed by atoms with E-state index < -0.39 is 5.41 Å². The Morgan fingerprint density at radius 3 is 2.47 bits per heavy atom. The van der Waals surface area contributed by atoms with Crippen molar-refractivity contribution >= 4 is 22.8 Å². The monoisotopic (exact) mass is 257 g/mol. The van der Waals surface area contributed by atoms with Crippen LogP contribution in [0.1, 0.15) is 32.0 Å². The smallest absolute Gasteiger partial charge is 0.230 e. The summed E-state index contributed by atoms with van der Waals surface area (Å²) in [4.78, 5) is 20.7. The van der Waals surface area contributed by atoms with Gasteiger partial charge in [-0.3, -0.25) is 4.79 Å². The molecule has 100 valence electrons. The first kappa shape index (κ1) is 13.5. The van der Waals surface area contributed by atoms with E-state index in [0.717, 1.165) is 16.6 Å². The third kappa shape index (κ3) is 2.89. The van der Waals surface area contributed by atoms with Crippen LogP contribution in [0.3, 0.4) is 0 Å². The topological polar surface area (TPSA) is 54.9 Å². The zero-order valence-electron chi connectivity index (χ0n) is 12.0. The number of anilines is 1. The van der Waals surface area contributed by atoms with Crippen molar-refractivity contribution in [1.82, 2.24) is 9.97 Å². The van der Waals surface area contributed by atoms with Gasteiger partial charge in [0, 0.05) is 16.5 Å². The number of nitrogens with zero attached hydrogens (tertiary/aromatic N) is 2. The maximum Gasteiger partial charge on any atom is 0.230 e. The summed E-state index contributed by atoms with van der Waals surface area (Å²) in [5.41, 5.74) is 2.30. The number of rotatable bonds is 1. The van der Waals surface area contributed by atoms with Crippen molar-refractivity contribution in [3.63, 3.8) is 0 Å². The molecule has 0 aliphatic rings. The van der Waals surface area contributed by atoms with Crippen LogP contribution in [-0.2, 0) is 4.79 Å². The van der Waals surface area contributed by atoms with Gasteiger partial charge in [-0.05, 0) is 37.6 Å². The second kappa shape index (κ2) is 4.61. The number of aromatic nitrogens is 2. The average Bonchev–Trinajstić information content (AvgIpc) is 2.26. The summed E-state index contributed by atoms with van der Waals surface area (Å²) in [5.74, 6) is 0.494. The highest BCUT2D eigenvalue weighted by atomic mass is 16.2. The van der Waals surface area contributed by atoms with Gasteiger partial charge in [-0.15, -0.1) is 0 Å². The fourth-order valence-corrected chi connectivity index (χ4v) is 1.81. The Kier molecular flexibility index (Phi) is 3.27. The minimum absolute atomic E-state index is 0.0521. The van der Waals surface area contributed by atoms with E-state index in [2.05, 4.69) is 15.3 Å². The predicted molar refractivity (Wildman–Crippen MR) is 77.1 cm³/mol. The standard InChI is InChI=1S/C15H19N3O/c1-9-8-10(2)16-13-11(9)6-7-12(17-13)18-14(19)15(3,4)5/h6-8H,1-5H3,(H,16,17,18,19). The summed E-state index contributed by atoms with van der Waals surface area (Å²) >= 11 is 0. The zero-order valence-corrected chi connectivity index (χ0v) is 12.0. The Bertz CT molecular complexity index is 642. The Hall–Kier alpha value is -1.97. The molecule has 0 unspecified atom stereocenters. The number of hydrogen-bond donors (Lipinski definition) is 1. The predicted octanol–water partition coefficient (Wildman–Crippen LogP) is 3.23. The van der Waals surface area contributed by atoms with E-state index in [4.69, 9.17) is 0 Å². The maximum absolute atomic E-state index is 11.9. The molecular formula is C15H19N3O. The molecule has 2 aromatic rings. The first-order valence-electron chi connectivity index (χ1n) is 6.34. The molecule has 0 saturated carbocycles. The molecule has 0 saturated heterocycles. The number of carbonyl (C=O) groups excluding carboxylic acids is 1. The third-order valence-electron chi connectivity index (χ3n) is 2.93. The van der Waals surface area contributed by atoms with E-state index in [0.29, 0.717) is 11.5 Å². The summed E-state index contributed by atoms with van der Waals surface area (Å²) in [7, 11) is 0. The van der Waals surface area contributed by atoms with Crippen LogP contribution in [0, 0.1) is 19.3 Å². The van der Waals surface area contributed by atoms with Gasteiger partial charge in [-0.2, -0.15) is 0 Å². The lowest BCUT2D eigenvalue weighted by atomic mass is 9.96. The van der Waals surface area contributed by atoms with Gasteiger partial charge in [0.25, 0.3) is 0 Å². The first-order valence-corrected chi connectivity index (χ1v) is 6.34. The molecule has 2 aromatic heterocycles. The zero-order chi connectivity index (χ0) is 14.2. The number of aryl methyl sites for hydroxylation is 2. The van der Waals surface area contributed by atoms with Crippen LogP contribution in [0.15, 0.2) is 18.2 Å². The molecule has 4 heteroatoms. The third-order valence-corrected chi connectivity index (χ3v) is 2.93. The number of fused-ring (bicyclic) bond motifs is 1. The number of amides is 1. The van der Waals surface area contributed by atoms with Crippen molar-refractivity contribution in [1.29, 1.82) is 0 Å².